The summed E-state index contributed by atoms with van der Waals surface area (Å²) in [5, 5.41) is 11.1. The van der Waals surface area contributed by atoms with Crippen molar-refractivity contribution in [3.8, 4) is 11.1 Å². The monoisotopic (exact) mass is 275 g/mol. The fourth-order valence-electron chi connectivity index (χ4n) is 3.45. The van der Waals surface area contributed by atoms with Crippen LogP contribution in [0.1, 0.15) is 16.7 Å². The maximum absolute atomic E-state index is 11.1. The molecule has 2 nitrogen and oxygen atoms in total. The Bertz CT molecular complexity index is 775. The van der Waals surface area contributed by atoms with Gasteiger partial charge in [0.2, 0.25) is 0 Å². The molecular weight excluding hydrogens is 258 g/mol. The smallest absolute Gasteiger partial charge is 0.127 e. The van der Waals surface area contributed by atoms with E-state index in [1.165, 1.54) is 22.3 Å². The largest absolute Gasteiger partial charge is 0.379 e. The lowest BCUT2D eigenvalue weighted by molar-refractivity contribution is 0.0735. The van der Waals surface area contributed by atoms with Crippen LogP contribution in [-0.4, -0.2) is 11.1 Å². The standard InChI is InChI=1S/C19H17NO/c20-18-10-3-4-11-19(18,21)17-9-5-8-15-14-7-2-1-6-13(14)12-16(15)17/h1-11,18,21H,12,20H2. The Morgan fingerprint density at radius 2 is 1.81 bits per heavy atom. The van der Waals surface area contributed by atoms with E-state index < -0.39 is 11.6 Å². The molecule has 0 heterocycles. The average Bonchev–Trinajstić information content (AvgIpc) is 2.89. The summed E-state index contributed by atoms with van der Waals surface area (Å²) in [7, 11) is 0. The van der Waals surface area contributed by atoms with Crippen molar-refractivity contribution in [1.82, 2.24) is 0 Å². The Labute approximate surface area is 124 Å². The average molecular weight is 275 g/mol. The van der Waals surface area contributed by atoms with E-state index in [2.05, 4.69) is 30.3 Å². The van der Waals surface area contributed by atoms with Crippen LogP contribution in [0.5, 0.6) is 0 Å². The Morgan fingerprint density at radius 1 is 1.00 bits per heavy atom. The molecule has 2 unspecified atom stereocenters. The zero-order chi connectivity index (χ0) is 14.4. The molecule has 2 atom stereocenters. The topological polar surface area (TPSA) is 46.2 Å². The third-order valence-electron chi connectivity index (χ3n) is 4.57. The van der Waals surface area contributed by atoms with Crippen LogP contribution in [0.25, 0.3) is 11.1 Å². The van der Waals surface area contributed by atoms with E-state index in [-0.39, 0.29) is 0 Å². The van der Waals surface area contributed by atoms with E-state index >= 15 is 0 Å². The normalized spacial score (nSPS) is 25.7. The molecule has 0 aliphatic heterocycles. The molecule has 2 heteroatoms. The summed E-state index contributed by atoms with van der Waals surface area (Å²) in [6.45, 7) is 0. The van der Waals surface area contributed by atoms with Crippen LogP contribution < -0.4 is 5.73 Å². The highest BCUT2D eigenvalue weighted by Gasteiger charge is 2.37. The third kappa shape index (κ3) is 1.73. The summed E-state index contributed by atoms with van der Waals surface area (Å²) in [4.78, 5) is 0. The molecule has 2 aliphatic rings. The number of nitrogens with two attached hydrogens (primary N) is 1. The highest BCUT2D eigenvalue weighted by molar-refractivity contribution is 5.78. The molecule has 2 aromatic carbocycles. The first-order chi connectivity index (χ1) is 10.2. The summed E-state index contributed by atoms with van der Waals surface area (Å²) < 4.78 is 0. The van der Waals surface area contributed by atoms with E-state index in [1.807, 2.05) is 30.4 Å². The highest BCUT2D eigenvalue weighted by atomic mass is 16.3. The summed E-state index contributed by atoms with van der Waals surface area (Å²) >= 11 is 0. The number of fused-ring (bicyclic) bond motifs is 3. The fraction of sp³-hybridized carbons (Fsp3) is 0.158. The van der Waals surface area contributed by atoms with Gasteiger partial charge in [0.15, 0.2) is 0 Å². The van der Waals surface area contributed by atoms with E-state index in [9.17, 15) is 5.11 Å². The summed E-state index contributed by atoms with van der Waals surface area (Å²) in [6, 6.07) is 14.1. The lowest BCUT2D eigenvalue weighted by Gasteiger charge is -2.33. The van der Waals surface area contributed by atoms with Gasteiger partial charge in [-0.2, -0.15) is 0 Å². The third-order valence-corrected chi connectivity index (χ3v) is 4.57. The maximum atomic E-state index is 11.1. The molecule has 2 aliphatic carbocycles. The fourth-order valence-corrected chi connectivity index (χ4v) is 3.45. The molecule has 21 heavy (non-hydrogen) atoms. The Kier molecular flexibility index (Phi) is 2.64. The predicted octanol–water partition coefficient (Wildman–Crippen LogP) is 2.90. The Hall–Kier alpha value is -2.16. The van der Waals surface area contributed by atoms with Gasteiger partial charge in [-0.05, 0) is 40.3 Å². The molecular formula is C19H17NO. The number of benzene rings is 2. The first-order valence-corrected chi connectivity index (χ1v) is 7.25. The zero-order valence-corrected chi connectivity index (χ0v) is 11.7. The zero-order valence-electron chi connectivity index (χ0n) is 11.7. The Morgan fingerprint density at radius 3 is 2.67 bits per heavy atom. The molecule has 0 saturated heterocycles. The number of aliphatic hydroxyl groups is 1. The minimum absolute atomic E-state index is 0.419. The molecule has 0 spiro atoms. The number of rotatable bonds is 1. The summed E-state index contributed by atoms with van der Waals surface area (Å²) in [5.74, 6) is 0. The Balaban J connectivity index is 1.91. The SMILES string of the molecule is NC1C=CC=CC1(O)c1cccc2c1Cc1ccccc1-2. The number of allylic oxidation sites excluding steroid dienone is 2. The molecule has 4 rings (SSSR count). The van der Waals surface area contributed by atoms with Gasteiger partial charge in [-0.1, -0.05) is 60.7 Å². The predicted molar refractivity (Wildman–Crippen MR) is 84.8 cm³/mol. The molecule has 0 bridgehead atoms. The quantitative estimate of drug-likeness (QED) is 0.717. The minimum atomic E-state index is -1.12. The van der Waals surface area contributed by atoms with E-state index in [0.717, 1.165) is 12.0 Å². The summed E-state index contributed by atoms with van der Waals surface area (Å²) in [5.41, 5.74) is 10.9. The highest BCUT2D eigenvalue weighted by Crippen LogP contribution is 2.42. The van der Waals surface area contributed by atoms with Gasteiger partial charge in [0.25, 0.3) is 0 Å². The summed E-state index contributed by atoms with van der Waals surface area (Å²) in [6.07, 6.45) is 8.26. The van der Waals surface area contributed by atoms with Crippen molar-refractivity contribution in [1.29, 1.82) is 0 Å². The van der Waals surface area contributed by atoms with Crippen molar-refractivity contribution < 1.29 is 5.11 Å². The molecule has 0 radical (unpaired) electrons. The molecule has 2 aromatic rings. The van der Waals surface area contributed by atoms with Crippen LogP contribution in [-0.2, 0) is 12.0 Å². The van der Waals surface area contributed by atoms with Crippen LogP contribution in [0.15, 0.2) is 66.8 Å². The maximum Gasteiger partial charge on any atom is 0.127 e. The molecule has 3 N–H and O–H groups in total. The van der Waals surface area contributed by atoms with Crippen molar-refractivity contribution in [2.24, 2.45) is 5.73 Å². The van der Waals surface area contributed by atoms with Crippen LogP contribution >= 0.6 is 0 Å². The van der Waals surface area contributed by atoms with Crippen molar-refractivity contribution in [3.05, 3.63) is 83.5 Å². The van der Waals surface area contributed by atoms with Gasteiger partial charge in [0.05, 0.1) is 6.04 Å². The van der Waals surface area contributed by atoms with Crippen molar-refractivity contribution in [3.63, 3.8) is 0 Å². The first-order valence-electron chi connectivity index (χ1n) is 7.25. The second kappa shape index (κ2) is 4.42. The van der Waals surface area contributed by atoms with Crippen molar-refractivity contribution >= 4 is 0 Å². The number of hydrogen-bond acceptors (Lipinski definition) is 2. The second-order valence-corrected chi connectivity index (χ2v) is 5.76. The second-order valence-electron chi connectivity index (χ2n) is 5.76. The first kappa shape index (κ1) is 12.6. The van der Waals surface area contributed by atoms with Gasteiger partial charge in [-0.15, -0.1) is 0 Å². The van der Waals surface area contributed by atoms with Crippen LogP contribution in [0.3, 0.4) is 0 Å². The minimum Gasteiger partial charge on any atom is -0.379 e. The van der Waals surface area contributed by atoms with Gasteiger partial charge < -0.3 is 10.8 Å². The van der Waals surface area contributed by atoms with E-state index in [0.29, 0.717) is 0 Å². The van der Waals surface area contributed by atoms with Gasteiger partial charge in [-0.3, -0.25) is 0 Å². The van der Waals surface area contributed by atoms with Gasteiger partial charge in [0.1, 0.15) is 5.60 Å². The molecule has 0 saturated carbocycles. The van der Waals surface area contributed by atoms with Gasteiger partial charge in [0, 0.05) is 0 Å². The molecule has 0 aromatic heterocycles. The van der Waals surface area contributed by atoms with Gasteiger partial charge >= 0.3 is 0 Å². The van der Waals surface area contributed by atoms with Crippen LogP contribution in [0.2, 0.25) is 0 Å². The molecule has 0 amide bonds. The van der Waals surface area contributed by atoms with E-state index in [4.69, 9.17) is 5.73 Å². The molecule has 0 fully saturated rings. The number of hydrogen-bond donors (Lipinski definition) is 2. The lowest BCUT2D eigenvalue weighted by Crippen LogP contribution is -2.44. The van der Waals surface area contributed by atoms with Crippen LogP contribution in [0, 0.1) is 0 Å². The lowest BCUT2D eigenvalue weighted by atomic mass is 9.80. The van der Waals surface area contributed by atoms with Crippen LogP contribution in [0.4, 0.5) is 0 Å². The van der Waals surface area contributed by atoms with Gasteiger partial charge in [-0.25, -0.2) is 0 Å². The van der Waals surface area contributed by atoms with Crippen molar-refractivity contribution in [2.75, 3.05) is 0 Å². The van der Waals surface area contributed by atoms with E-state index in [1.54, 1.807) is 6.08 Å². The van der Waals surface area contributed by atoms with Crippen molar-refractivity contribution in [2.45, 2.75) is 18.1 Å². The molecule has 104 valence electrons.